The van der Waals surface area contributed by atoms with Gasteiger partial charge in [0.05, 0.1) is 18.6 Å². The summed E-state index contributed by atoms with van der Waals surface area (Å²) in [5.74, 6) is -0.469. The number of aromatic nitrogens is 1. The van der Waals surface area contributed by atoms with Crippen LogP contribution in [0, 0.1) is 0 Å². The first-order valence-corrected chi connectivity index (χ1v) is 11.8. The lowest BCUT2D eigenvalue weighted by Crippen LogP contribution is -2.65. The summed E-state index contributed by atoms with van der Waals surface area (Å²) in [5, 5.41) is 4.10. The van der Waals surface area contributed by atoms with Crippen molar-refractivity contribution in [1.82, 2.24) is 20.1 Å². The van der Waals surface area contributed by atoms with E-state index >= 15 is 0 Å². The molecule has 0 unspecified atom stereocenters. The van der Waals surface area contributed by atoms with Crippen molar-refractivity contribution in [2.24, 2.45) is 5.73 Å². The maximum Gasteiger partial charge on any atom is 0.327 e. The number of para-hydroxylation sites is 1. The van der Waals surface area contributed by atoms with Gasteiger partial charge in [-0.05, 0) is 36.5 Å². The predicted octanol–water partition coefficient (Wildman–Crippen LogP) is 2.54. The number of nitrogens with one attached hydrogen (secondary N) is 2. The van der Waals surface area contributed by atoms with Crippen molar-refractivity contribution >= 4 is 28.7 Å². The molecule has 0 aliphatic carbocycles. The summed E-state index contributed by atoms with van der Waals surface area (Å²) >= 11 is 0. The highest BCUT2D eigenvalue weighted by Gasteiger charge is 2.44. The van der Waals surface area contributed by atoms with Crippen molar-refractivity contribution in [3.05, 3.63) is 71.9 Å². The van der Waals surface area contributed by atoms with Crippen molar-refractivity contribution in [2.75, 3.05) is 6.54 Å². The number of amides is 4. The quantitative estimate of drug-likeness (QED) is 0.526. The number of carbonyl (C=O) groups excluding carboxylic acids is 3. The van der Waals surface area contributed by atoms with E-state index in [2.05, 4.69) is 10.3 Å². The highest BCUT2D eigenvalue weighted by Crippen LogP contribution is 2.28. The van der Waals surface area contributed by atoms with E-state index in [9.17, 15) is 14.4 Å². The smallest absolute Gasteiger partial charge is 0.327 e. The van der Waals surface area contributed by atoms with Crippen molar-refractivity contribution in [2.45, 2.75) is 50.4 Å². The first-order valence-electron chi connectivity index (χ1n) is 11.8. The largest absolute Gasteiger partial charge is 0.361 e. The van der Waals surface area contributed by atoms with Crippen LogP contribution in [0.3, 0.4) is 0 Å². The second-order valence-electron chi connectivity index (χ2n) is 9.14. The molecule has 2 aliphatic heterocycles. The molecule has 8 heteroatoms. The van der Waals surface area contributed by atoms with Crippen LogP contribution in [0.5, 0.6) is 0 Å². The SMILES string of the molecule is N[C@@H](Cc1c[nH]c2ccccc12)C(=O)N[C@H]1CCCN2C(=O)N(Cc3ccccc3)C(=O)C[C@H]12. The molecular formula is C26H29N5O3. The zero-order chi connectivity index (χ0) is 23.7. The molecule has 0 bridgehead atoms. The molecule has 0 radical (unpaired) electrons. The van der Waals surface area contributed by atoms with Gasteiger partial charge in [-0.1, -0.05) is 48.5 Å². The van der Waals surface area contributed by atoms with E-state index < -0.39 is 6.04 Å². The standard InChI is InChI=1S/C26H29N5O3/c27-20(13-18-15-28-21-10-5-4-9-19(18)21)25(33)29-22-11-6-12-30-23(22)14-24(32)31(26(30)34)16-17-7-2-1-3-8-17/h1-5,7-10,15,20,22-23,28H,6,11-14,16,27H2,(H,29,33)/t20-,22-,23+/m0/s1. The van der Waals surface area contributed by atoms with E-state index in [0.717, 1.165) is 28.5 Å². The number of nitrogens with zero attached hydrogens (tertiary/aromatic N) is 2. The van der Waals surface area contributed by atoms with Gasteiger partial charge in [0.15, 0.2) is 0 Å². The zero-order valence-corrected chi connectivity index (χ0v) is 18.9. The zero-order valence-electron chi connectivity index (χ0n) is 18.9. The van der Waals surface area contributed by atoms with E-state index in [1.165, 1.54) is 4.90 Å². The van der Waals surface area contributed by atoms with Crippen LogP contribution in [0.2, 0.25) is 0 Å². The van der Waals surface area contributed by atoms with E-state index in [0.29, 0.717) is 19.4 Å². The van der Waals surface area contributed by atoms with Crippen LogP contribution in [0.1, 0.15) is 30.4 Å². The van der Waals surface area contributed by atoms with E-state index in [-0.39, 0.29) is 42.9 Å². The number of hydrogen-bond acceptors (Lipinski definition) is 4. The molecule has 3 aromatic rings. The Labute approximate surface area is 198 Å². The van der Waals surface area contributed by atoms with E-state index in [1.807, 2.05) is 60.8 Å². The molecule has 176 valence electrons. The molecule has 0 spiro atoms. The van der Waals surface area contributed by atoms with Crippen molar-refractivity contribution in [3.63, 3.8) is 0 Å². The van der Waals surface area contributed by atoms with Crippen molar-refractivity contribution in [3.8, 4) is 0 Å². The summed E-state index contributed by atoms with van der Waals surface area (Å²) in [5.41, 5.74) is 9.17. The number of nitrogens with two attached hydrogens (primary N) is 1. The summed E-state index contributed by atoms with van der Waals surface area (Å²) in [4.78, 5) is 45.3. The molecule has 2 saturated heterocycles. The normalized spacial score (nSPS) is 21.4. The van der Waals surface area contributed by atoms with Crippen LogP contribution < -0.4 is 11.1 Å². The van der Waals surface area contributed by atoms with Gasteiger partial charge in [0.2, 0.25) is 11.8 Å². The second kappa shape index (κ2) is 9.30. The number of aromatic amines is 1. The molecule has 4 amide bonds. The number of benzene rings is 2. The van der Waals surface area contributed by atoms with E-state index in [4.69, 9.17) is 5.73 Å². The summed E-state index contributed by atoms with van der Waals surface area (Å²) in [6.07, 6.45) is 3.96. The minimum Gasteiger partial charge on any atom is -0.361 e. The Balaban J connectivity index is 1.24. The molecule has 34 heavy (non-hydrogen) atoms. The van der Waals surface area contributed by atoms with Crippen LogP contribution in [-0.2, 0) is 22.6 Å². The molecule has 2 aromatic carbocycles. The van der Waals surface area contributed by atoms with Gasteiger partial charge in [-0.3, -0.25) is 14.5 Å². The molecule has 5 rings (SSSR count). The predicted molar refractivity (Wildman–Crippen MR) is 129 cm³/mol. The monoisotopic (exact) mass is 459 g/mol. The third kappa shape index (κ3) is 4.28. The molecule has 3 atom stereocenters. The number of hydrogen-bond donors (Lipinski definition) is 3. The molecule has 8 nitrogen and oxygen atoms in total. The molecule has 4 N–H and O–H groups in total. The average Bonchev–Trinajstić information content (AvgIpc) is 3.25. The Morgan fingerprint density at radius 2 is 1.88 bits per heavy atom. The third-order valence-electron chi connectivity index (χ3n) is 6.90. The Morgan fingerprint density at radius 3 is 2.71 bits per heavy atom. The topological polar surface area (TPSA) is 112 Å². The number of H-pyrrole nitrogens is 1. The molecule has 0 saturated carbocycles. The summed E-state index contributed by atoms with van der Waals surface area (Å²) in [6, 6.07) is 15.8. The number of imide groups is 1. The van der Waals surface area contributed by atoms with Crippen LogP contribution >= 0.6 is 0 Å². The lowest BCUT2D eigenvalue weighted by Gasteiger charge is -2.46. The molecule has 2 aliphatic rings. The van der Waals surface area contributed by atoms with Crippen LogP contribution in [-0.4, -0.2) is 57.3 Å². The second-order valence-corrected chi connectivity index (χ2v) is 9.14. The van der Waals surface area contributed by atoms with Gasteiger partial charge in [-0.15, -0.1) is 0 Å². The number of urea groups is 1. The maximum atomic E-state index is 13.2. The van der Waals surface area contributed by atoms with Gasteiger partial charge in [-0.2, -0.15) is 0 Å². The van der Waals surface area contributed by atoms with Gasteiger partial charge >= 0.3 is 6.03 Å². The van der Waals surface area contributed by atoms with E-state index in [1.54, 1.807) is 4.90 Å². The number of fused-ring (bicyclic) bond motifs is 2. The lowest BCUT2D eigenvalue weighted by molar-refractivity contribution is -0.135. The van der Waals surface area contributed by atoms with Gasteiger partial charge in [0.25, 0.3) is 0 Å². The Morgan fingerprint density at radius 1 is 1.12 bits per heavy atom. The number of piperidine rings is 1. The van der Waals surface area contributed by atoms with Crippen molar-refractivity contribution < 1.29 is 14.4 Å². The Bertz CT molecular complexity index is 1210. The fourth-order valence-electron chi connectivity index (χ4n) is 5.11. The Hall–Kier alpha value is -3.65. The molecule has 2 fully saturated rings. The van der Waals surface area contributed by atoms with Crippen LogP contribution in [0.25, 0.3) is 10.9 Å². The van der Waals surface area contributed by atoms with Gasteiger partial charge in [0, 0.05) is 36.1 Å². The summed E-state index contributed by atoms with van der Waals surface area (Å²) in [7, 11) is 0. The van der Waals surface area contributed by atoms with Gasteiger partial charge in [0.1, 0.15) is 0 Å². The third-order valence-corrected chi connectivity index (χ3v) is 6.90. The minimum atomic E-state index is -0.723. The van der Waals surface area contributed by atoms with Crippen LogP contribution in [0.15, 0.2) is 60.8 Å². The van der Waals surface area contributed by atoms with Gasteiger partial charge < -0.3 is 20.9 Å². The first kappa shape index (κ1) is 22.2. The molecular weight excluding hydrogens is 430 g/mol. The fourth-order valence-corrected chi connectivity index (χ4v) is 5.11. The average molecular weight is 460 g/mol. The lowest BCUT2D eigenvalue weighted by atomic mass is 9.91. The molecule has 1 aromatic heterocycles. The maximum absolute atomic E-state index is 13.2. The highest BCUT2D eigenvalue weighted by molar-refractivity contribution is 5.97. The number of carbonyl (C=O) groups is 3. The summed E-state index contributed by atoms with van der Waals surface area (Å²) < 4.78 is 0. The molecule has 3 heterocycles. The summed E-state index contributed by atoms with van der Waals surface area (Å²) in [6.45, 7) is 0.837. The minimum absolute atomic E-state index is 0.196. The fraction of sp³-hybridized carbons (Fsp3) is 0.346. The van der Waals surface area contributed by atoms with Gasteiger partial charge in [-0.25, -0.2) is 4.79 Å². The number of rotatable bonds is 6. The van der Waals surface area contributed by atoms with Crippen molar-refractivity contribution in [1.29, 1.82) is 0 Å². The van der Waals surface area contributed by atoms with Crippen LogP contribution in [0.4, 0.5) is 4.79 Å². The Kier molecular flexibility index (Phi) is 6.06. The first-order chi connectivity index (χ1) is 16.5. The highest BCUT2D eigenvalue weighted by atomic mass is 16.2.